The first-order valence-corrected chi connectivity index (χ1v) is 12.2. The van der Waals surface area contributed by atoms with E-state index in [1.165, 1.54) is 12.0 Å². The van der Waals surface area contributed by atoms with Crippen LogP contribution in [0.15, 0.2) is 40.8 Å². The minimum Gasteiger partial charge on any atom is -0.207 e. The third-order valence-electron chi connectivity index (χ3n) is 7.06. The zero-order valence-corrected chi connectivity index (χ0v) is 19.3. The molecule has 0 saturated heterocycles. The Bertz CT molecular complexity index is 828. The lowest BCUT2D eigenvalue weighted by Crippen LogP contribution is -2.50. The van der Waals surface area contributed by atoms with Gasteiger partial charge in [0.2, 0.25) is 10.0 Å². The zero-order chi connectivity index (χ0) is 20.7. The van der Waals surface area contributed by atoms with E-state index >= 15 is 0 Å². The van der Waals surface area contributed by atoms with Crippen molar-refractivity contribution in [2.24, 2.45) is 17.3 Å². The average molecular weight is 404 g/mol. The number of allylic oxidation sites excluding steroid dienone is 1. The van der Waals surface area contributed by atoms with Crippen molar-refractivity contribution in [3.63, 3.8) is 0 Å². The molecule has 2 bridgehead atoms. The Kier molecular flexibility index (Phi) is 5.86. The highest BCUT2D eigenvalue weighted by Gasteiger charge is 2.51. The minimum absolute atomic E-state index is 0.0173. The van der Waals surface area contributed by atoms with Gasteiger partial charge in [-0.2, -0.15) is 4.31 Å². The predicted octanol–water partition coefficient (Wildman–Crippen LogP) is 5.77. The van der Waals surface area contributed by atoms with Gasteiger partial charge in [-0.1, -0.05) is 71.7 Å². The highest BCUT2D eigenvalue weighted by Crippen LogP contribution is 2.59. The fourth-order valence-corrected chi connectivity index (χ4v) is 6.22. The molecule has 3 nitrogen and oxygen atoms in total. The highest BCUT2D eigenvalue weighted by molar-refractivity contribution is 7.89. The summed E-state index contributed by atoms with van der Waals surface area (Å²) >= 11 is 0. The second-order valence-corrected chi connectivity index (χ2v) is 12.2. The van der Waals surface area contributed by atoms with Crippen molar-refractivity contribution >= 4 is 10.0 Å². The SMILES string of the molecule is CCCCN(CC1=CCC2CC1C2(C)C)S(=O)(=O)c1ccc(C(C)(C)C)cc1. The molecule has 0 aliphatic heterocycles. The summed E-state index contributed by atoms with van der Waals surface area (Å²) in [5.74, 6) is 1.31. The Labute approximate surface area is 172 Å². The van der Waals surface area contributed by atoms with E-state index in [4.69, 9.17) is 0 Å². The number of benzene rings is 1. The molecule has 2 atom stereocenters. The van der Waals surface area contributed by atoms with Crippen LogP contribution in [0.25, 0.3) is 0 Å². The number of unbranched alkanes of at least 4 members (excludes halogenated alkanes) is 1. The number of hydrogen-bond donors (Lipinski definition) is 0. The van der Waals surface area contributed by atoms with Crippen molar-refractivity contribution in [2.75, 3.05) is 13.1 Å². The van der Waals surface area contributed by atoms with E-state index in [2.05, 4.69) is 47.6 Å². The summed E-state index contributed by atoms with van der Waals surface area (Å²) in [6.07, 6.45) is 6.52. The fourth-order valence-electron chi connectivity index (χ4n) is 4.75. The Morgan fingerprint density at radius 3 is 2.29 bits per heavy atom. The van der Waals surface area contributed by atoms with Gasteiger partial charge in [-0.3, -0.25) is 0 Å². The lowest BCUT2D eigenvalue weighted by molar-refractivity contribution is -0.00887. The van der Waals surface area contributed by atoms with Crippen LogP contribution in [-0.4, -0.2) is 25.8 Å². The smallest absolute Gasteiger partial charge is 0.207 e. The van der Waals surface area contributed by atoms with Gasteiger partial charge in [-0.25, -0.2) is 8.42 Å². The maximum absolute atomic E-state index is 13.5. The summed E-state index contributed by atoms with van der Waals surface area (Å²) < 4.78 is 28.6. The van der Waals surface area contributed by atoms with Gasteiger partial charge in [0.05, 0.1) is 4.90 Å². The Morgan fingerprint density at radius 2 is 1.79 bits per heavy atom. The molecular formula is C24H37NO2S. The minimum atomic E-state index is -3.49. The molecule has 28 heavy (non-hydrogen) atoms. The van der Waals surface area contributed by atoms with E-state index in [9.17, 15) is 8.42 Å². The largest absolute Gasteiger partial charge is 0.243 e. The van der Waals surface area contributed by atoms with Gasteiger partial charge in [0, 0.05) is 13.1 Å². The molecule has 0 heterocycles. The second-order valence-electron chi connectivity index (χ2n) is 10.3. The molecule has 4 heteroatoms. The molecule has 1 aromatic rings. The maximum atomic E-state index is 13.5. The lowest BCUT2D eigenvalue weighted by Gasteiger charge is -2.57. The van der Waals surface area contributed by atoms with Crippen LogP contribution in [0, 0.1) is 17.3 Å². The maximum Gasteiger partial charge on any atom is 0.243 e. The molecule has 1 aromatic carbocycles. The van der Waals surface area contributed by atoms with Crippen molar-refractivity contribution in [1.82, 2.24) is 4.31 Å². The van der Waals surface area contributed by atoms with Crippen molar-refractivity contribution in [2.45, 2.75) is 77.5 Å². The van der Waals surface area contributed by atoms with Crippen LogP contribution >= 0.6 is 0 Å². The summed E-state index contributed by atoms with van der Waals surface area (Å²) in [4.78, 5) is 0.416. The van der Waals surface area contributed by atoms with Gasteiger partial charge in [-0.05, 0) is 59.6 Å². The summed E-state index contributed by atoms with van der Waals surface area (Å²) in [6.45, 7) is 14.4. The molecular weight excluding hydrogens is 366 g/mol. The van der Waals surface area contributed by atoms with Gasteiger partial charge < -0.3 is 0 Å². The number of rotatable bonds is 7. The van der Waals surface area contributed by atoms with Crippen molar-refractivity contribution in [3.05, 3.63) is 41.5 Å². The van der Waals surface area contributed by atoms with Crippen LogP contribution < -0.4 is 0 Å². The van der Waals surface area contributed by atoms with Gasteiger partial charge in [0.25, 0.3) is 0 Å². The van der Waals surface area contributed by atoms with E-state index in [1.807, 2.05) is 12.1 Å². The van der Waals surface area contributed by atoms with Gasteiger partial charge in [-0.15, -0.1) is 0 Å². The van der Waals surface area contributed by atoms with E-state index < -0.39 is 10.0 Å². The molecule has 1 fully saturated rings. The molecule has 0 spiro atoms. The number of sulfonamides is 1. The van der Waals surface area contributed by atoms with Crippen LogP contribution in [-0.2, 0) is 15.4 Å². The molecule has 0 aromatic heterocycles. The lowest BCUT2D eigenvalue weighted by atomic mass is 9.49. The molecule has 1 saturated carbocycles. The molecule has 3 aliphatic carbocycles. The van der Waals surface area contributed by atoms with Crippen LogP contribution in [0.5, 0.6) is 0 Å². The zero-order valence-electron chi connectivity index (χ0n) is 18.5. The van der Waals surface area contributed by atoms with E-state index in [1.54, 1.807) is 16.4 Å². The molecule has 0 amide bonds. The first kappa shape index (κ1) is 21.6. The summed E-state index contributed by atoms with van der Waals surface area (Å²) in [5.41, 5.74) is 2.82. The van der Waals surface area contributed by atoms with Crippen LogP contribution in [0.4, 0.5) is 0 Å². The Morgan fingerprint density at radius 1 is 1.14 bits per heavy atom. The third kappa shape index (κ3) is 3.95. The van der Waals surface area contributed by atoms with Crippen molar-refractivity contribution in [3.8, 4) is 0 Å². The monoisotopic (exact) mass is 403 g/mol. The normalized spacial score (nSPS) is 24.0. The fraction of sp³-hybridized carbons (Fsp3) is 0.667. The first-order chi connectivity index (χ1) is 13.0. The summed E-state index contributed by atoms with van der Waals surface area (Å²) in [5, 5.41) is 0. The molecule has 0 N–H and O–H groups in total. The standard InChI is InChI=1S/C24H37NO2S/c1-7-8-15-25(17-18-9-10-20-16-22(18)24(20,5)6)28(26,27)21-13-11-19(12-14-21)23(2,3)4/h9,11-14,20,22H,7-8,10,15-17H2,1-6H3. The number of nitrogens with zero attached hydrogens (tertiary/aromatic N) is 1. The van der Waals surface area contributed by atoms with Gasteiger partial charge >= 0.3 is 0 Å². The number of fused-ring (bicyclic) bond motifs is 1. The van der Waals surface area contributed by atoms with E-state index in [-0.39, 0.29) is 5.41 Å². The van der Waals surface area contributed by atoms with Crippen molar-refractivity contribution in [1.29, 1.82) is 0 Å². The van der Waals surface area contributed by atoms with Crippen LogP contribution in [0.1, 0.15) is 72.8 Å². The topological polar surface area (TPSA) is 37.4 Å². The molecule has 3 aliphatic rings. The Hall–Kier alpha value is -1.13. The van der Waals surface area contributed by atoms with Gasteiger partial charge in [0.1, 0.15) is 0 Å². The molecule has 0 radical (unpaired) electrons. The van der Waals surface area contributed by atoms with E-state index in [0.717, 1.165) is 30.7 Å². The summed E-state index contributed by atoms with van der Waals surface area (Å²) in [7, 11) is -3.49. The van der Waals surface area contributed by atoms with E-state index in [0.29, 0.717) is 29.3 Å². The summed E-state index contributed by atoms with van der Waals surface area (Å²) in [6, 6.07) is 7.50. The van der Waals surface area contributed by atoms with Gasteiger partial charge in [0.15, 0.2) is 0 Å². The second kappa shape index (κ2) is 7.60. The molecule has 2 unspecified atom stereocenters. The average Bonchev–Trinajstić information content (AvgIpc) is 2.64. The quantitative estimate of drug-likeness (QED) is 0.542. The predicted molar refractivity (Wildman–Crippen MR) is 117 cm³/mol. The number of hydrogen-bond acceptors (Lipinski definition) is 2. The van der Waals surface area contributed by atoms with Crippen LogP contribution in [0.2, 0.25) is 0 Å². The third-order valence-corrected chi connectivity index (χ3v) is 8.92. The van der Waals surface area contributed by atoms with Crippen molar-refractivity contribution < 1.29 is 8.42 Å². The Balaban J connectivity index is 1.85. The van der Waals surface area contributed by atoms with Crippen LogP contribution in [0.3, 0.4) is 0 Å². The molecule has 4 rings (SSSR count). The highest BCUT2D eigenvalue weighted by atomic mass is 32.2. The molecule has 156 valence electrons. The first-order valence-electron chi connectivity index (χ1n) is 10.8.